The van der Waals surface area contributed by atoms with Crippen molar-refractivity contribution < 1.29 is 23.9 Å². The highest BCUT2D eigenvalue weighted by atomic mass is 16.6. The molecular formula is C21H25NO5. The summed E-state index contributed by atoms with van der Waals surface area (Å²) in [5.74, 6) is -0.577. The molecule has 0 fully saturated rings. The number of nitrogens with one attached hydrogen (secondary N) is 1. The molecule has 2 rings (SSSR count). The van der Waals surface area contributed by atoms with Crippen LogP contribution in [0, 0.1) is 27.7 Å². The van der Waals surface area contributed by atoms with Gasteiger partial charge < -0.3 is 14.5 Å². The Hall–Kier alpha value is -2.89. The van der Waals surface area contributed by atoms with Crippen molar-refractivity contribution in [1.82, 2.24) is 4.98 Å². The Kier molecular flexibility index (Phi) is 6.20. The van der Waals surface area contributed by atoms with Crippen LogP contribution in [0.4, 0.5) is 0 Å². The largest absolute Gasteiger partial charge is 0.482 e. The van der Waals surface area contributed by atoms with Gasteiger partial charge in [0.2, 0.25) is 5.78 Å². The predicted octanol–water partition coefficient (Wildman–Crippen LogP) is 3.64. The van der Waals surface area contributed by atoms with Crippen LogP contribution in [0.25, 0.3) is 0 Å². The zero-order valence-electron chi connectivity index (χ0n) is 16.6. The van der Waals surface area contributed by atoms with Crippen LogP contribution in [-0.4, -0.2) is 35.2 Å². The smallest absolute Gasteiger partial charge is 0.344 e. The molecule has 1 aromatic carbocycles. The van der Waals surface area contributed by atoms with Crippen molar-refractivity contribution in [3.8, 4) is 5.75 Å². The normalized spacial score (nSPS) is 11.8. The van der Waals surface area contributed by atoms with Crippen LogP contribution >= 0.6 is 0 Å². The van der Waals surface area contributed by atoms with Gasteiger partial charge in [-0.3, -0.25) is 9.59 Å². The first-order valence-electron chi connectivity index (χ1n) is 8.75. The first-order valence-corrected chi connectivity index (χ1v) is 8.75. The summed E-state index contributed by atoms with van der Waals surface area (Å²) >= 11 is 0. The monoisotopic (exact) mass is 371 g/mol. The summed E-state index contributed by atoms with van der Waals surface area (Å²) in [6.45, 7) is 10.0. The first kappa shape index (κ1) is 20.4. The van der Waals surface area contributed by atoms with Crippen molar-refractivity contribution in [3.05, 3.63) is 51.8 Å². The fourth-order valence-electron chi connectivity index (χ4n) is 2.96. The summed E-state index contributed by atoms with van der Waals surface area (Å²) in [6, 6.07) is 5.52. The Labute approximate surface area is 158 Å². The molecule has 0 unspecified atom stereocenters. The van der Waals surface area contributed by atoms with E-state index in [1.54, 1.807) is 19.9 Å². The van der Waals surface area contributed by atoms with Gasteiger partial charge in [0.25, 0.3) is 0 Å². The topological polar surface area (TPSA) is 85.5 Å². The summed E-state index contributed by atoms with van der Waals surface area (Å²) in [5, 5.41) is 0. The van der Waals surface area contributed by atoms with Gasteiger partial charge in [0.15, 0.2) is 18.5 Å². The third-order valence-corrected chi connectivity index (χ3v) is 4.55. The van der Waals surface area contributed by atoms with Crippen molar-refractivity contribution in [2.45, 2.75) is 47.6 Å². The minimum atomic E-state index is -0.989. The number of aryl methyl sites for hydroxylation is 3. The first-order chi connectivity index (χ1) is 12.6. The van der Waals surface area contributed by atoms with Crippen LogP contribution in [0.15, 0.2) is 18.2 Å². The standard InChI is InChI=1S/C21H25NO5/c1-11-7-8-17(9-12(11)2)26-10-18(24)27-16(6)21(25)20-13(3)19(15(5)23)14(4)22-20/h7-9,16,22H,10H2,1-6H3/t16-/m0/s1. The van der Waals surface area contributed by atoms with E-state index in [9.17, 15) is 14.4 Å². The van der Waals surface area contributed by atoms with Crippen LogP contribution in [0.2, 0.25) is 0 Å². The summed E-state index contributed by atoms with van der Waals surface area (Å²) in [5.41, 5.74) is 4.16. The Balaban J connectivity index is 1.99. The van der Waals surface area contributed by atoms with Gasteiger partial charge >= 0.3 is 5.97 Å². The van der Waals surface area contributed by atoms with E-state index >= 15 is 0 Å². The van der Waals surface area contributed by atoms with E-state index in [0.29, 0.717) is 22.6 Å². The molecule has 0 aliphatic carbocycles. The molecule has 6 heteroatoms. The number of carbonyl (C=O) groups is 3. The third-order valence-electron chi connectivity index (χ3n) is 4.55. The lowest BCUT2D eigenvalue weighted by atomic mass is 10.0. The van der Waals surface area contributed by atoms with E-state index in [2.05, 4.69) is 4.98 Å². The molecule has 1 N–H and O–H groups in total. The fourth-order valence-corrected chi connectivity index (χ4v) is 2.96. The molecule has 144 valence electrons. The number of ether oxygens (including phenoxy) is 2. The van der Waals surface area contributed by atoms with Gasteiger partial charge in [0, 0.05) is 11.3 Å². The summed E-state index contributed by atoms with van der Waals surface area (Å²) in [7, 11) is 0. The molecule has 27 heavy (non-hydrogen) atoms. The number of H-pyrrole nitrogens is 1. The summed E-state index contributed by atoms with van der Waals surface area (Å²) in [4.78, 5) is 39.2. The fraction of sp³-hybridized carbons (Fsp3) is 0.381. The maximum Gasteiger partial charge on any atom is 0.344 e. The predicted molar refractivity (Wildman–Crippen MR) is 102 cm³/mol. The Morgan fingerprint density at radius 1 is 1.07 bits per heavy atom. The Morgan fingerprint density at radius 2 is 1.74 bits per heavy atom. The van der Waals surface area contributed by atoms with Gasteiger partial charge in [-0.2, -0.15) is 0 Å². The molecule has 0 saturated heterocycles. The van der Waals surface area contributed by atoms with Crippen LogP contribution in [0.1, 0.15) is 57.1 Å². The SMILES string of the molecule is CC(=O)c1c(C)[nH]c(C(=O)[C@H](C)OC(=O)COc2ccc(C)c(C)c2)c1C. The van der Waals surface area contributed by atoms with Crippen molar-refractivity contribution >= 4 is 17.5 Å². The lowest BCUT2D eigenvalue weighted by molar-refractivity contribution is -0.148. The Morgan fingerprint density at radius 3 is 2.30 bits per heavy atom. The van der Waals surface area contributed by atoms with Gasteiger partial charge in [0.1, 0.15) is 5.75 Å². The maximum atomic E-state index is 12.6. The molecule has 0 amide bonds. The van der Waals surface area contributed by atoms with E-state index in [1.807, 2.05) is 26.0 Å². The molecule has 1 aromatic heterocycles. The van der Waals surface area contributed by atoms with E-state index in [4.69, 9.17) is 9.47 Å². The van der Waals surface area contributed by atoms with Crippen molar-refractivity contribution in [2.75, 3.05) is 6.61 Å². The highest BCUT2D eigenvalue weighted by molar-refractivity contribution is 6.05. The number of hydrogen-bond donors (Lipinski definition) is 1. The van der Waals surface area contributed by atoms with Crippen molar-refractivity contribution in [2.24, 2.45) is 0 Å². The molecular weight excluding hydrogens is 346 g/mol. The van der Waals surface area contributed by atoms with Gasteiger partial charge in [0.05, 0.1) is 5.69 Å². The maximum absolute atomic E-state index is 12.6. The molecule has 0 bridgehead atoms. The summed E-state index contributed by atoms with van der Waals surface area (Å²) in [6.07, 6.45) is -0.989. The number of carbonyl (C=O) groups excluding carboxylic acids is 3. The molecule has 6 nitrogen and oxygen atoms in total. The lowest BCUT2D eigenvalue weighted by Gasteiger charge is -2.13. The second-order valence-corrected chi connectivity index (χ2v) is 6.71. The highest BCUT2D eigenvalue weighted by Gasteiger charge is 2.26. The van der Waals surface area contributed by atoms with Crippen LogP contribution in [-0.2, 0) is 9.53 Å². The van der Waals surface area contributed by atoms with Crippen LogP contribution < -0.4 is 4.74 Å². The number of Topliss-reactive ketones (excluding diaryl/α,β-unsaturated/α-hetero) is 2. The molecule has 2 aromatic rings. The molecule has 0 aliphatic rings. The van der Waals surface area contributed by atoms with Gasteiger partial charge in [-0.05, 0) is 70.4 Å². The number of rotatable bonds is 7. The molecule has 0 saturated carbocycles. The van der Waals surface area contributed by atoms with Crippen molar-refractivity contribution in [1.29, 1.82) is 0 Å². The van der Waals surface area contributed by atoms with Crippen LogP contribution in [0.3, 0.4) is 0 Å². The number of esters is 1. The zero-order chi connectivity index (χ0) is 20.3. The van der Waals surface area contributed by atoms with Crippen molar-refractivity contribution in [3.63, 3.8) is 0 Å². The van der Waals surface area contributed by atoms with E-state index in [0.717, 1.165) is 11.1 Å². The van der Waals surface area contributed by atoms with Gasteiger partial charge in [-0.15, -0.1) is 0 Å². The Bertz CT molecular complexity index is 894. The average Bonchev–Trinajstić information content (AvgIpc) is 2.89. The minimum Gasteiger partial charge on any atom is -0.482 e. The molecule has 1 heterocycles. The second kappa shape index (κ2) is 8.20. The molecule has 1 atom stereocenters. The molecule has 0 spiro atoms. The number of aromatic amines is 1. The molecule has 0 aliphatic heterocycles. The number of ketones is 2. The van der Waals surface area contributed by atoms with E-state index in [1.165, 1.54) is 13.8 Å². The number of aromatic nitrogens is 1. The van der Waals surface area contributed by atoms with E-state index in [-0.39, 0.29) is 23.9 Å². The zero-order valence-corrected chi connectivity index (χ0v) is 16.6. The average molecular weight is 371 g/mol. The highest BCUT2D eigenvalue weighted by Crippen LogP contribution is 2.21. The lowest BCUT2D eigenvalue weighted by Crippen LogP contribution is -2.28. The number of benzene rings is 1. The number of hydrogen-bond acceptors (Lipinski definition) is 5. The van der Waals surface area contributed by atoms with E-state index < -0.39 is 12.1 Å². The quantitative estimate of drug-likeness (QED) is 0.593. The van der Waals surface area contributed by atoms with Gasteiger partial charge in [-0.25, -0.2) is 4.79 Å². The van der Waals surface area contributed by atoms with Gasteiger partial charge in [-0.1, -0.05) is 6.07 Å². The van der Waals surface area contributed by atoms with Crippen LogP contribution in [0.5, 0.6) is 5.75 Å². The second-order valence-electron chi connectivity index (χ2n) is 6.71. The third kappa shape index (κ3) is 4.64. The summed E-state index contributed by atoms with van der Waals surface area (Å²) < 4.78 is 10.6. The molecule has 0 radical (unpaired) electrons. The minimum absolute atomic E-state index is 0.119.